The molecule has 0 bridgehead atoms. The van der Waals surface area contributed by atoms with Crippen LogP contribution in [0.5, 0.6) is 0 Å². The lowest BCUT2D eigenvalue weighted by Crippen LogP contribution is -2.03. The van der Waals surface area contributed by atoms with Crippen molar-refractivity contribution in [3.63, 3.8) is 0 Å². The molecule has 0 fully saturated rings. The molecule has 2 heterocycles. The topological polar surface area (TPSA) is 45.9 Å². The quantitative estimate of drug-likeness (QED) is 0.822. The molecule has 3 rings (SSSR count). The Morgan fingerprint density at radius 2 is 1.95 bits per heavy atom. The van der Waals surface area contributed by atoms with Crippen molar-refractivity contribution in [3.8, 4) is 17.2 Å². The first-order chi connectivity index (χ1) is 9.31. The lowest BCUT2D eigenvalue weighted by Gasteiger charge is -2.13. The molecule has 0 saturated heterocycles. The third-order valence-electron chi connectivity index (χ3n) is 3.50. The van der Waals surface area contributed by atoms with Gasteiger partial charge in [-0.1, -0.05) is 30.3 Å². The normalized spacial score (nSPS) is 13.1. The van der Waals surface area contributed by atoms with Crippen LogP contribution in [0.4, 0.5) is 0 Å². The van der Waals surface area contributed by atoms with Crippen molar-refractivity contribution in [2.75, 3.05) is 0 Å². The van der Waals surface area contributed by atoms with E-state index in [4.69, 9.17) is 10.00 Å². The smallest absolute Gasteiger partial charge is 0.0781 e. The molecule has 0 N–H and O–H groups in total. The zero-order chi connectivity index (χ0) is 13.2. The van der Waals surface area contributed by atoms with Crippen molar-refractivity contribution in [2.45, 2.75) is 26.6 Å². The van der Waals surface area contributed by atoms with Crippen LogP contribution in [0.25, 0.3) is 11.1 Å². The predicted molar refractivity (Wildman–Crippen MR) is 72.2 cm³/mol. The molecule has 0 atom stereocenters. The summed E-state index contributed by atoms with van der Waals surface area (Å²) in [5, 5.41) is 9.01. The van der Waals surface area contributed by atoms with Crippen LogP contribution >= 0.6 is 0 Å². The number of ether oxygens (including phenoxy) is 1. The van der Waals surface area contributed by atoms with E-state index in [0.29, 0.717) is 19.6 Å². The van der Waals surface area contributed by atoms with Crippen LogP contribution in [0.15, 0.2) is 30.3 Å². The minimum atomic E-state index is 0.332. The number of aromatic nitrogens is 1. The van der Waals surface area contributed by atoms with Gasteiger partial charge in [0.05, 0.1) is 31.4 Å². The van der Waals surface area contributed by atoms with Crippen LogP contribution in [0, 0.1) is 18.3 Å². The number of benzene rings is 1. The largest absolute Gasteiger partial charge is 0.372 e. The van der Waals surface area contributed by atoms with E-state index in [9.17, 15) is 0 Å². The second-order valence-corrected chi connectivity index (χ2v) is 4.67. The molecule has 0 spiro atoms. The number of hydrogen-bond acceptors (Lipinski definition) is 3. The first-order valence-corrected chi connectivity index (χ1v) is 6.32. The summed E-state index contributed by atoms with van der Waals surface area (Å²) in [4.78, 5) is 4.61. The molecule has 0 unspecified atom stereocenters. The second kappa shape index (κ2) is 4.83. The summed E-state index contributed by atoms with van der Waals surface area (Å²) >= 11 is 0. The Hall–Kier alpha value is -2.18. The number of rotatable bonds is 2. The van der Waals surface area contributed by atoms with Crippen LogP contribution in [-0.4, -0.2) is 4.98 Å². The molecule has 0 saturated carbocycles. The average molecular weight is 250 g/mol. The molecule has 1 aromatic carbocycles. The molecule has 3 heteroatoms. The maximum Gasteiger partial charge on any atom is 0.0781 e. The Kier molecular flexibility index (Phi) is 3.02. The van der Waals surface area contributed by atoms with E-state index in [2.05, 4.69) is 23.2 Å². The summed E-state index contributed by atoms with van der Waals surface area (Å²) in [7, 11) is 0. The van der Waals surface area contributed by atoms with Gasteiger partial charge in [0.15, 0.2) is 0 Å². The molecule has 2 aromatic rings. The SMILES string of the molecule is Cc1nc(CC#N)c(-c2ccccc2)c2c1COC2. The predicted octanol–water partition coefficient (Wildman–Crippen LogP) is 3.15. The van der Waals surface area contributed by atoms with Crippen LogP contribution in [0.2, 0.25) is 0 Å². The summed E-state index contributed by atoms with van der Waals surface area (Å²) in [5.74, 6) is 0. The van der Waals surface area contributed by atoms with E-state index in [1.807, 2.05) is 25.1 Å². The number of nitrogens with zero attached hydrogens (tertiary/aromatic N) is 2. The van der Waals surface area contributed by atoms with Crippen molar-refractivity contribution in [1.82, 2.24) is 4.98 Å². The van der Waals surface area contributed by atoms with Gasteiger partial charge in [0.25, 0.3) is 0 Å². The minimum absolute atomic E-state index is 0.332. The van der Waals surface area contributed by atoms with Gasteiger partial charge in [0.1, 0.15) is 0 Å². The van der Waals surface area contributed by atoms with E-state index < -0.39 is 0 Å². The van der Waals surface area contributed by atoms with Crippen molar-refractivity contribution in [3.05, 3.63) is 52.8 Å². The monoisotopic (exact) mass is 250 g/mol. The fourth-order valence-corrected chi connectivity index (χ4v) is 2.62. The third kappa shape index (κ3) is 2.00. The second-order valence-electron chi connectivity index (χ2n) is 4.67. The molecule has 3 nitrogen and oxygen atoms in total. The van der Waals surface area contributed by atoms with Crippen molar-refractivity contribution >= 4 is 0 Å². The molecule has 1 aliphatic rings. The number of nitriles is 1. The Balaban J connectivity index is 2.27. The van der Waals surface area contributed by atoms with Gasteiger partial charge in [-0.05, 0) is 18.1 Å². The summed E-state index contributed by atoms with van der Waals surface area (Å²) in [5.41, 5.74) is 6.42. The molecular formula is C16H14N2O. The van der Waals surface area contributed by atoms with E-state index in [1.54, 1.807) is 0 Å². The molecule has 0 radical (unpaired) electrons. The highest BCUT2D eigenvalue weighted by Gasteiger charge is 2.22. The van der Waals surface area contributed by atoms with Gasteiger partial charge in [0.2, 0.25) is 0 Å². The van der Waals surface area contributed by atoms with Gasteiger partial charge in [-0.25, -0.2) is 0 Å². The fourth-order valence-electron chi connectivity index (χ4n) is 2.62. The van der Waals surface area contributed by atoms with E-state index in [-0.39, 0.29) is 0 Å². The highest BCUT2D eigenvalue weighted by atomic mass is 16.5. The van der Waals surface area contributed by atoms with Crippen LogP contribution in [0.3, 0.4) is 0 Å². The van der Waals surface area contributed by atoms with Gasteiger partial charge < -0.3 is 4.74 Å². The molecule has 1 aromatic heterocycles. The molecule has 0 amide bonds. The molecule has 0 aliphatic carbocycles. The Bertz CT molecular complexity index is 657. The lowest BCUT2D eigenvalue weighted by atomic mass is 9.94. The zero-order valence-corrected chi connectivity index (χ0v) is 10.8. The van der Waals surface area contributed by atoms with Crippen LogP contribution in [0.1, 0.15) is 22.5 Å². The van der Waals surface area contributed by atoms with E-state index >= 15 is 0 Å². The lowest BCUT2D eigenvalue weighted by molar-refractivity contribution is 0.134. The van der Waals surface area contributed by atoms with Crippen LogP contribution in [-0.2, 0) is 24.4 Å². The highest BCUT2D eigenvalue weighted by Crippen LogP contribution is 2.34. The Morgan fingerprint density at radius 3 is 2.68 bits per heavy atom. The number of pyridine rings is 1. The van der Waals surface area contributed by atoms with Crippen molar-refractivity contribution < 1.29 is 4.74 Å². The van der Waals surface area contributed by atoms with Crippen molar-refractivity contribution in [1.29, 1.82) is 5.26 Å². The third-order valence-corrected chi connectivity index (χ3v) is 3.50. The first-order valence-electron chi connectivity index (χ1n) is 6.32. The van der Waals surface area contributed by atoms with E-state index in [1.165, 1.54) is 11.1 Å². The average Bonchev–Trinajstić information content (AvgIpc) is 2.90. The first kappa shape index (κ1) is 11.9. The number of hydrogen-bond donors (Lipinski definition) is 0. The number of aryl methyl sites for hydroxylation is 1. The summed E-state index contributed by atoms with van der Waals surface area (Å²) in [6.07, 6.45) is 0.332. The standard InChI is InChI=1S/C16H14N2O/c1-11-13-9-19-10-14(13)16(15(18-11)7-8-17)12-5-3-2-4-6-12/h2-6H,7,9-10H2,1H3. The molecular weight excluding hydrogens is 236 g/mol. The van der Waals surface area contributed by atoms with Gasteiger partial charge in [-0.15, -0.1) is 0 Å². The number of fused-ring (bicyclic) bond motifs is 1. The van der Waals surface area contributed by atoms with Crippen LogP contribution < -0.4 is 0 Å². The zero-order valence-electron chi connectivity index (χ0n) is 10.8. The minimum Gasteiger partial charge on any atom is -0.372 e. The maximum atomic E-state index is 9.01. The molecule has 94 valence electrons. The Morgan fingerprint density at radius 1 is 1.21 bits per heavy atom. The summed E-state index contributed by atoms with van der Waals surface area (Å²) in [6, 6.07) is 12.3. The summed E-state index contributed by atoms with van der Waals surface area (Å²) < 4.78 is 5.57. The van der Waals surface area contributed by atoms with Gasteiger partial charge in [0, 0.05) is 16.8 Å². The van der Waals surface area contributed by atoms with Gasteiger partial charge >= 0.3 is 0 Å². The van der Waals surface area contributed by atoms with E-state index in [0.717, 1.165) is 22.5 Å². The Labute approximate surface area is 112 Å². The van der Waals surface area contributed by atoms with Gasteiger partial charge in [-0.3, -0.25) is 4.98 Å². The molecule has 1 aliphatic heterocycles. The maximum absolute atomic E-state index is 9.01. The molecule has 19 heavy (non-hydrogen) atoms. The highest BCUT2D eigenvalue weighted by molar-refractivity contribution is 5.72. The van der Waals surface area contributed by atoms with Gasteiger partial charge in [-0.2, -0.15) is 5.26 Å². The fraction of sp³-hybridized carbons (Fsp3) is 0.250. The van der Waals surface area contributed by atoms with Crippen molar-refractivity contribution in [2.24, 2.45) is 0 Å². The summed E-state index contributed by atoms with van der Waals surface area (Å²) in [6.45, 7) is 3.23.